The number of aliphatic carboxylic acids is 1. The van der Waals surface area contributed by atoms with Gasteiger partial charge in [0.25, 0.3) is 0 Å². The molecule has 2 aromatic rings. The zero-order chi connectivity index (χ0) is 17.8. The topological polar surface area (TPSA) is 72.8 Å². The SMILES string of the molecule is CCOc1cc(/C=C2\Sc3ccccc3C2=O)ccc1OCC(=O)O. The van der Waals surface area contributed by atoms with E-state index in [1.165, 1.54) is 11.8 Å². The van der Waals surface area contributed by atoms with Crippen molar-refractivity contribution in [2.24, 2.45) is 0 Å². The lowest BCUT2D eigenvalue weighted by atomic mass is 10.1. The summed E-state index contributed by atoms with van der Waals surface area (Å²) >= 11 is 1.44. The van der Waals surface area contributed by atoms with Crippen LogP contribution in [0.1, 0.15) is 22.8 Å². The highest BCUT2D eigenvalue weighted by Gasteiger charge is 2.25. The van der Waals surface area contributed by atoms with Crippen molar-refractivity contribution in [3.8, 4) is 11.5 Å². The minimum Gasteiger partial charge on any atom is -0.490 e. The molecular weight excluding hydrogens is 340 g/mol. The summed E-state index contributed by atoms with van der Waals surface area (Å²) in [6.45, 7) is 1.81. The highest BCUT2D eigenvalue weighted by Crippen LogP contribution is 2.41. The highest BCUT2D eigenvalue weighted by molar-refractivity contribution is 8.04. The number of ether oxygens (including phenoxy) is 2. The van der Waals surface area contributed by atoms with E-state index >= 15 is 0 Å². The van der Waals surface area contributed by atoms with Crippen LogP contribution in [-0.2, 0) is 4.79 Å². The molecule has 0 spiro atoms. The predicted molar refractivity (Wildman–Crippen MR) is 95.3 cm³/mol. The van der Waals surface area contributed by atoms with Crippen LogP contribution in [0.3, 0.4) is 0 Å². The first-order valence-corrected chi connectivity index (χ1v) is 8.55. The molecule has 1 aliphatic rings. The van der Waals surface area contributed by atoms with Gasteiger partial charge >= 0.3 is 5.97 Å². The number of rotatable bonds is 6. The van der Waals surface area contributed by atoms with E-state index in [1.807, 2.05) is 31.2 Å². The summed E-state index contributed by atoms with van der Waals surface area (Å²) in [7, 11) is 0. The van der Waals surface area contributed by atoms with E-state index in [1.54, 1.807) is 24.3 Å². The highest BCUT2D eigenvalue weighted by atomic mass is 32.2. The minimum atomic E-state index is -1.06. The Labute approximate surface area is 149 Å². The van der Waals surface area contributed by atoms with Crippen molar-refractivity contribution in [2.45, 2.75) is 11.8 Å². The Morgan fingerprint density at radius 1 is 1.16 bits per heavy atom. The molecule has 0 aliphatic carbocycles. The average molecular weight is 356 g/mol. The number of carbonyl (C=O) groups is 2. The Balaban J connectivity index is 1.87. The van der Waals surface area contributed by atoms with Crippen LogP contribution in [-0.4, -0.2) is 30.1 Å². The molecular formula is C19H16O5S. The number of allylic oxidation sites excluding steroid dienone is 1. The van der Waals surface area contributed by atoms with E-state index < -0.39 is 12.6 Å². The molecule has 0 saturated carbocycles. The summed E-state index contributed by atoms with van der Waals surface area (Å²) < 4.78 is 10.8. The van der Waals surface area contributed by atoms with Gasteiger partial charge in [-0.1, -0.05) is 30.0 Å². The summed E-state index contributed by atoms with van der Waals surface area (Å²) in [5, 5.41) is 8.74. The maximum Gasteiger partial charge on any atom is 0.341 e. The molecule has 6 heteroatoms. The fraction of sp³-hybridized carbons (Fsp3) is 0.158. The summed E-state index contributed by atoms with van der Waals surface area (Å²) in [6.07, 6.45) is 1.80. The molecule has 0 aromatic heterocycles. The number of fused-ring (bicyclic) bond motifs is 1. The maximum atomic E-state index is 12.4. The Kier molecular flexibility index (Phi) is 5.09. The zero-order valence-electron chi connectivity index (χ0n) is 13.5. The van der Waals surface area contributed by atoms with Gasteiger partial charge in [-0.05, 0) is 42.8 Å². The lowest BCUT2D eigenvalue weighted by molar-refractivity contribution is -0.139. The van der Waals surface area contributed by atoms with Crippen LogP contribution < -0.4 is 9.47 Å². The van der Waals surface area contributed by atoms with Crippen molar-refractivity contribution < 1.29 is 24.2 Å². The standard InChI is InChI=1S/C19H16O5S/c1-2-23-15-9-12(7-8-14(15)24-11-18(20)21)10-17-19(22)13-5-3-4-6-16(13)25-17/h3-10H,2,11H2,1H3,(H,20,21)/b17-10-. The molecule has 5 nitrogen and oxygen atoms in total. The number of ketones is 1. The number of carbonyl (C=O) groups excluding carboxylic acids is 1. The first-order valence-electron chi connectivity index (χ1n) is 7.73. The van der Waals surface area contributed by atoms with E-state index in [0.717, 1.165) is 10.5 Å². The number of benzene rings is 2. The van der Waals surface area contributed by atoms with Gasteiger partial charge in [0.15, 0.2) is 18.1 Å². The van der Waals surface area contributed by atoms with E-state index in [9.17, 15) is 9.59 Å². The van der Waals surface area contributed by atoms with Crippen LogP contribution in [0.2, 0.25) is 0 Å². The van der Waals surface area contributed by atoms with Crippen LogP contribution in [0, 0.1) is 0 Å². The lowest BCUT2D eigenvalue weighted by Gasteiger charge is -2.11. The molecule has 128 valence electrons. The second-order valence-corrected chi connectivity index (χ2v) is 6.34. The molecule has 0 unspecified atom stereocenters. The Hall–Kier alpha value is -2.73. The van der Waals surface area contributed by atoms with E-state index in [4.69, 9.17) is 14.6 Å². The fourth-order valence-electron chi connectivity index (χ4n) is 2.43. The molecule has 0 fully saturated rings. The van der Waals surface area contributed by atoms with Gasteiger partial charge in [-0.25, -0.2) is 4.79 Å². The van der Waals surface area contributed by atoms with Crippen molar-refractivity contribution in [2.75, 3.05) is 13.2 Å². The summed E-state index contributed by atoms with van der Waals surface area (Å²) in [4.78, 5) is 24.7. The van der Waals surface area contributed by atoms with Crippen molar-refractivity contribution in [1.82, 2.24) is 0 Å². The number of hydrogen-bond donors (Lipinski definition) is 1. The quantitative estimate of drug-likeness (QED) is 0.792. The number of thioether (sulfide) groups is 1. The predicted octanol–water partition coefficient (Wildman–Crippen LogP) is 3.88. The third-order valence-corrected chi connectivity index (χ3v) is 4.59. The van der Waals surface area contributed by atoms with E-state index in [-0.39, 0.29) is 5.78 Å². The molecule has 0 bridgehead atoms. The molecule has 2 aromatic carbocycles. The third kappa shape index (κ3) is 3.85. The third-order valence-electron chi connectivity index (χ3n) is 3.49. The van der Waals surface area contributed by atoms with Gasteiger partial charge < -0.3 is 14.6 Å². The first-order chi connectivity index (χ1) is 12.1. The van der Waals surface area contributed by atoms with Gasteiger partial charge in [-0.3, -0.25) is 4.79 Å². The van der Waals surface area contributed by atoms with Crippen LogP contribution >= 0.6 is 11.8 Å². The number of Topliss-reactive ketones (excluding diaryl/α,β-unsaturated/α-hetero) is 1. The Morgan fingerprint density at radius 2 is 1.96 bits per heavy atom. The second kappa shape index (κ2) is 7.44. The van der Waals surface area contributed by atoms with Crippen molar-refractivity contribution in [3.05, 3.63) is 58.5 Å². The maximum absolute atomic E-state index is 12.4. The molecule has 0 radical (unpaired) electrons. The zero-order valence-corrected chi connectivity index (χ0v) is 14.3. The largest absolute Gasteiger partial charge is 0.490 e. The van der Waals surface area contributed by atoms with Crippen molar-refractivity contribution in [3.63, 3.8) is 0 Å². The molecule has 1 N–H and O–H groups in total. The van der Waals surface area contributed by atoms with Crippen LogP contribution in [0.15, 0.2) is 52.3 Å². The van der Waals surface area contributed by atoms with E-state index in [0.29, 0.717) is 28.6 Å². The van der Waals surface area contributed by atoms with Crippen LogP contribution in [0.5, 0.6) is 11.5 Å². The molecule has 25 heavy (non-hydrogen) atoms. The normalized spacial score (nSPS) is 14.4. The fourth-order valence-corrected chi connectivity index (χ4v) is 3.48. The van der Waals surface area contributed by atoms with Crippen molar-refractivity contribution in [1.29, 1.82) is 0 Å². The van der Waals surface area contributed by atoms with Gasteiger partial charge in [0, 0.05) is 10.5 Å². The van der Waals surface area contributed by atoms with Gasteiger partial charge in [0.1, 0.15) is 0 Å². The van der Waals surface area contributed by atoms with Gasteiger partial charge in [-0.2, -0.15) is 0 Å². The molecule has 3 rings (SSSR count). The molecule has 1 heterocycles. The lowest BCUT2D eigenvalue weighted by Crippen LogP contribution is -2.10. The Morgan fingerprint density at radius 3 is 2.68 bits per heavy atom. The van der Waals surface area contributed by atoms with Crippen LogP contribution in [0.25, 0.3) is 6.08 Å². The Bertz CT molecular complexity index is 857. The second-order valence-electron chi connectivity index (χ2n) is 5.26. The molecule has 0 saturated heterocycles. The summed E-state index contributed by atoms with van der Waals surface area (Å²) in [6, 6.07) is 12.7. The summed E-state index contributed by atoms with van der Waals surface area (Å²) in [5.41, 5.74) is 1.50. The number of carboxylic acids is 1. The summed E-state index contributed by atoms with van der Waals surface area (Å²) in [5.74, 6) is -0.240. The molecule has 1 aliphatic heterocycles. The van der Waals surface area contributed by atoms with Crippen LogP contribution in [0.4, 0.5) is 0 Å². The number of hydrogen-bond acceptors (Lipinski definition) is 5. The first kappa shape index (κ1) is 17.1. The van der Waals surface area contributed by atoms with Gasteiger partial charge in [0.2, 0.25) is 5.78 Å². The minimum absolute atomic E-state index is 0.00441. The van der Waals surface area contributed by atoms with E-state index in [2.05, 4.69) is 0 Å². The van der Waals surface area contributed by atoms with Crippen molar-refractivity contribution >= 4 is 29.6 Å². The monoisotopic (exact) mass is 356 g/mol. The average Bonchev–Trinajstić information content (AvgIpc) is 2.91. The van der Waals surface area contributed by atoms with Gasteiger partial charge in [-0.15, -0.1) is 0 Å². The molecule has 0 atom stereocenters. The number of carboxylic acid groups (broad SMARTS) is 1. The smallest absolute Gasteiger partial charge is 0.341 e. The molecule has 0 amide bonds. The van der Waals surface area contributed by atoms with Gasteiger partial charge in [0.05, 0.1) is 11.5 Å².